The number of nitrogens with one attached hydrogen (secondary N) is 1. The quantitative estimate of drug-likeness (QED) is 0.664. The van der Waals surface area contributed by atoms with E-state index in [2.05, 4.69) is 10.3 Å². The van der Waals surface area contributed by atoms with Gasteiger partial charge in [0.1, 0.15) is 0 Å². The molecule has 100 valence electrons. The first-order valence-electron chi connectivity index (χ1n) is 6.01. The fourth-order valence-electron chi connectivity index (χ4n) is 2.04. The molecule has 0 radical (unpaired) electrons. The summed E-state index contributed by atoms with van der Waals surface area (Å²) in [6.45, 7) is 0. The summed E-state index contributed by atoms with van der Waals surface area (Å²) in [4.78, 5) is 4.37. The van der Waals surface area contributed by atoms with Gasteiger partial charge in [-0.25, -0.2) is 0 Å². The predicted octanol–water partition coefficient (Wildman–Crippen LogP) is 4.87. The summed E-state index contributed by atoms with van der Waals surface area (Å²) in [7, 11) is 0. The molecule has 20 heavy (non-hydrogen) atoms. The van der Waals surface area contributed by atoms with E-state index in [1.165, 1.54) is 0 Å². The maximum Gasteiger partial charge on any atom is 0.0957 e. The van der Waals surface area contributed by atoms with Crippen molar-refractivity contribution in [3.05, 3.63) is 58.7 Å². The molecule has 3 aromatic rings. The van der Waals surface area contributed by atoms with Crippen LogP contribution in [-0.2, 0) is 0 Å². The molecule has 0 spiro atoms. The normalized spacial score (nSPS) is 10.7. The molecule has 0 bridgehead atoms. The van der Waals surface area contributed by atoms with Gasteiger partial charge in [0.05, 0.1) is 26.9 Å². The van der Waals surface area contributed by atoms with Crippen molar-refractivity contribution in [3.63, 3.8) is 0 Å². The lowest BCUT2D eigenvalue weighted by Crippen LogP contribution is -1.96. The lowest BCUT2D eigenvalue weighted by molar-refractivity contribution is 1.40. The van der Waals surface area contributed by atoms with Crippen LogP contribution in [0.5, 0.6) is 0 Å². The number of fused-ring (bicyclic) bond motifs is 1. The highest BCUT2D eigenvalue weighted by atomic mass is 35.5. The number of halogens is 2. The number of benzene rings is 2. The standard InChI is InChI=1S/C15H11Cl2N3/c16-10-4-1-5-12(14(10)17)20-13-7-6-11(18)9-3-2-8-19-15(9)13/h1-8,20H,18H2. The minimum atomic E-state index is 0.482. The van der Waals surface area contributed by atoms with E-state index in [0.717, 1.165) is 22.3 Å². The largest absolute Gasteiger partial charge is 0.398 e. The van der Waals surface area contributed by atoms with Gasteiger partial charge in [0, 0.05) is 17.3 Å². The van der Waals surface area contributed by atoms with Gasteiger partial charge in [-0.1, -0.05) is 29.3 Å². The fourth-order valence-corrected chi connectivity index (χ4v) is 2.39. The Labute approximate surface area is 126 Å². The average Bonchev–Trinajstić information content (AvgIpc) is 2.47. The van der Waals surface area contributed by atoms with Crippen LogP contribution in [0.25, 0.3) is 10.9 Å². The molecular weight excluding hydrogens is 293 g/mol. The summed E-state index contributed by atoms with van der Waals surface area (Å²) in [5.41, 5.74) is 9.01. The zero-order chi connectivity index (χ0) is 14.1. The summed E-state index contributed by atoms with van der Waals surface area (Å²) in [5.74, 6) is 0. The van der Waals surface area contributed by atoms with Crippen LogP contribution in [-0.4, -0.2) is 4.98 Å². The minimum absolute atomic E-state index is 0.482. The monoisotopic (exact) mass is 303 g/mol. The third kappa shape index (κ3) is 2.26. The second kappa shape index (κ2) is 5.19. The predicted molar refractivity (Wildman–Crippen MR) is 85.9 cm³/mol. The first-order valence-corrected chi connectivity index (χ1v) is 6.76. The summed E-state index contributed by atoms with van der Waals surface area (Å²) >= 11 is 12.2. The molecule has 0 aliphatic carbocycles. The smallest absolute Gasteiger partial charge is 0.0957 e. The van der Waals surface area contributed by atoms with Gasteiger partial charge in [-0.15, -0.1) is 0 Å². The molecule has 5 heteroatoms. The van der Waals surface area contributed by atoms with Crippen LogP contribution in [0.2, 0.25) is 10.0 Å². The van der Waals surface area contributed by atoms with Gasteiger partial charge in [0.25, 0.3) is 0 Å². The van der Waals surface area contributed by atoms with E-state index >= 15 is 0 Å². The Balaban J connectivity index is 2.12. The molecular formula is C15H11Cl2N3. The molecule has 0 unspecified atom stereocenters. The topological polar surface area (TPSA) is 50.9 Å². The number of anilines is 3. The lowest BCUT2D eigenvalue weighted by Gasteiger charge is -2.12. The number of aromatic nitrogens is 1. The van der Waals surface area contributed by atoms with E-state index < -0.39 is 0 Å². The van der Waals surface area contributed by atoms with Gasteiger partial charge in [0.15, 0.2) is 0 Å². The molecule has 0 amide bonds. The Morgan fingerprint density at radius 2 is 1.80 bits per heavy atom. The zero-order valence-corrected chi connectivity index (χ0v) is 11.9. The summed E-state index contributed by atoms with van der Waals surface area (Å²) < 4.78 is 0. The van der Waals surface area contributed by atoms with Crippen molar-refractivity contribution >= 4 is 51.2 Å². The molecule has 0 fully saturated rings. The fraction of sp³-hybridized carbons (Fsp3) is 0. The van der Waals surface area contributed by atoms with E-state index in [1.54, 1.807) is 12.3 Å². The highest BCUT2D eigenvalue weighted by Crippen LogP contribution is 2.34. The SMILES string of the molecule is Nc1ccc(Nc2cccc(Cl)c2Cl)c2ncccc12. The maximum absolute atomic E-state index is 6.19. The van der Waals surface area contributed by atoms with Gasteiger partial charge >= 0.3 is 0 Å². The Morgan fingerprint density at radius 3 is 2.65 bits per heavy atom. The van der Waals surface area contributed by atoms with Gasteiger partial charge in [-0.3, -0.25) is 4.98 Å². The third-order valence-corrected chi connectivity index (χ3v) is 3.84. The molecule has 3 rings (SSSR count). The van der Waals surface area contributed by atoms with Gasteiger partial charge in [-0.2, -0.15) is 0 Å². The molecule has 2 aromatic carbocycles. The van der Waals surface area contributed by atoms with Crippen molar-refractivity contribution < 1.29 is 0 Å². The highest BCUT2D eigenvalue weighted by molar-refractivity contribution is 6.43. The lowest BCUT2D eigenvalue weighted by atomic mass is 10.1. The number of hydrogen-bond acceptors (Lipinski definition) is 3. The van der Waals surface area contributed by atoms with Crippen molar-refractivity contribution in [2.45, 2.75) is 0 Å². The van der Waals surface area contributed by atoms with Crippen molar-refractivity contribution in [2.24, 2.45) is 0 Å². The van der Waals surface area contributed by atoms with Crippen LogP contribution in [0, 0.1) is 0 Å². The second-order valence-corrected chi connectivity index (χ2v) is 5.11. The van der Waals surface area contributed by atoms with Crippen molar-refractivity contribution in [1.82, 2.24) is 4.98 Å². The third-order valence-electron chi connectivity index (χ3n) is 3.02. The molecule has 3 N–H and O–H groups in total. The van der Waals surface area contributed by atoms with Crippen molar-refractivity contribution in [3.8, 4) is 0 Å². The molecule has 0 atom stereocenters. The van der Waals surface area contributed by atoms with Crippen LogP contribution in [0.1, 0.15) is 0 Å². The van der Waals surface area contributed by atoms with Crippen LogP contribution in [0.4, 0.5) is 17.1 Å². The summed E-state index contributed by atoms with van der Waals surface area (Å²) in [6.07, 6.45) is 1.73. The first kappa shape index (κ1) is 13.0. The van der Waals surface area contributed by atoms with E-state index in [4.69, 9.17) is 28.9 Å². The minimum Gasteiger partial charge on any atom is -0.398 e. The van der Waals surface area contributed by atoms with Gasteiger partial charge < -0.3 is 11.1 Å². The van der Waals surface area contributed by atoms with E-state index in [-0.39, 0.29) is 0 Å². The van der Waals surface area contributed by atoms with Crippen molar-refractivity contribution in [1.29, 1.82) is 0 Å². The first-order chi connectivity index (χ1) is 9.66. The molecule has 0 aliphatic heterocycles. The second-order valence-electron chi connectivity index (χ2n) is 4.33. The average molecular weight is 304 g/mol. The number of nitrogens with two attached hydrogens (primary N) is 1. The number of rotatable bonds is 2. The number of nitrogens with zero attached hydrogens (tertiary/aromatic N) is 1. The molecule has 1 aromatic heterocycles. The van der Waals surface area contributed by atoms with Crippen LogP contribution in [0.3, 0.4) is 0 Å². The Morgan fingerprint density at radius 1 is 0.950 bits per heavy atom. The Bertz CT molecular complexity index is 787. The molecule has 0 saturated heterocycles. The molecule has 0 aliphatic rings. The van der Waals surface area contributed by atoms with Gasteiger partial charge in [-0.05, 0) is 36.4 Å². The molecule has 0 saturated carbocycles. The van der Waals surface area contributed by atoms with E-state index in [9.17, 15) is 0 Å². The molecule has 3 nitrogen and oxygen atoms in total. The zero-order valence-electron chi connectivity index (χ0n) is 10.4. The summed E-state index contributed by atoms with van der Waals surface area (Å²) in [5, 5.41) is 5.13. The number of nitrogen functional groups attached to an aromatic ring is 1. The Hall–Kier alpha value is -1.97. The van der Waals surface area contributed by atoms with Crippen molar-refractivity contribution in [2.75, 3.05) is 11.1 Å². The number of pyridine rings is 1. The highest BCUT2D eigenvalue weighted by Gasteiger charge is 2.08. The Kier molecular flexibility index (Phi) is 3.38. The molecule has 1 heterocycles. The van der Waals surface area contributed by atoms with Crippen LogP contribution >= 0.6 is 23.2 Å². The van der Waals surface area contributed by atoms with E-state index in [1.807, 2.05) is 36.4 Å². The van der Waals surface area contributed by atoms with E-state index in [0.29, 0.717) is 15.7 Å². The number of hydrogen-bond donors (Lipinski definition) is 2. The maximum atomic E-state index is 6.19. The van der Waals surface area contributed by atoms with Crippen LogP contribution < -0.4 is 11.1 Å². The van der Waals surface area contributed by atoms with Gasteiger partial charge in [0.2, 0.25) is 0 Å². The van der Waals surface area contributed by atoms with Crippen LogP contribution in [0.15, 0.2) is 48.7 Å². The summed E-state index contributed by atoms with van der Waals surface area (Å²) in [6, 6.07) is 12.9.